The standard InChI is InChI=1S/C31H51N2/c1-3-5-6-7-8-9-10-11-12-13-14-15-16-20-24-29(27-28-22-18-17-19-23-28)30(21-4-2)31-32-25-26-33-31/h17-19,22-23,25-26,29-30H,3-16,20-21,24,27H2,1-2H3/q+1. The van der Waals surface area contributed by atoms with Gasteiger partial charge in [0.25, 0.3) is 0 Å². The molecule has 2 rings (SSSR count). The van der Waals surface area contributed by atoms with Crippen LogP contribution in [0.4, 0.5) is 0 Å². The summed E-state index contributed by atoms with van der Waals surface area (Å²) in [7, 11) is 0. The maximum absolute atomic E-state index is 4.60. The van der Waals surface area contributed by atoms with Gasteiger partial charge in [-0.05, 0) is 30.7 Å². The van der Waals surface area contributed by atoms with E-state index in [-0.39, 0.29) is 0 Å². The summed E-state index contributed by atoms with van der Waals surface area (Å²) in [5.74, 6) is 1.14. The molecule has 2 heteroatoms. The Hall–Kier alpha value is -1.57. The molecule has 1 aliphatic rings. The summed E-state index contributed by atoms with van der Waals surface area (Å²) in [6.45, 7) is 4.59. The van der Waals surface area contributed by atoms with Gasteiger partial charge in [-0.1, -0.05) is 150 Å². The summed E-state index contributed by atoms with van der Waals surface area (Å²) < 4.78 is 0. The van der Waals surface area contributed by atoms with E-state index in [2.05, 4.69) is 54.2 Å². The van der Waals surface area contributed by atoms with Crippen LogP contribution in [-0.2, 0) is 6.42 Å². The number of unbranched alkanes of at least 4 members (excludes halogenated alkanes) is 13. The highest BCUT2D eigenvalue weighted by molar-refractivity contribution is 6.18. The first-order chi connectivity index (χ1) is 16.3. The maximum atomic E-state index is 4.60. The molecule has 1 aliphatic heterocycles. The fraction of sp³-hybridized carbons (Fsp3) is 0.710. The van der Waals surface area contributed by atoms with E-state index in [4.69, 9.17) is 0 Å². The molecule has 0 saturated carbocycles. The third kappa shape index (κ3) is 12.5. The molecule has 2 atom stereocenters. The van der Waals surface area contributed by atoms with E-state index < -0.39 is 0 Å². The smallest absolute Gasteiger partial charge is 0.0965 e. The van der Waals surface area contributed by atoms with Gasteiger partial charge in [-0.2, -0.15) is 0 Å². The molecule has 2 unspecified atom stereocenters. The summed E-state index contributed by atoms with van der Waals surface area (Å²) >= 11 is 0. The highest BCUT2D eigenvalue weighted by atomic mass is 15.0. The minimum atomic E-state index is 0.493. The second-order valence-corrected chi connectivity index (χ2v) is 10.1. The van der Waals surface area contributed by atoms with Crippen molar-refractivity contribution in [3.8, 4) is 0 Å². The second kappa shape index (κ2) is 18.8. The summed E-state index contributed by atoms with van der Waals surface area (Å²) in [4.78, 5) is 9.21. The van der Waals surface area contributed by atoms with Crippen LogP contribution in [0.3, 0.4) is 0 Å². The van der Waals surface area contributed by atoms with Crippen molar-refractivity contribution in [2.45, 2.75) is 129 Å². The summed E-state index contributed by atoms with van der Waals surface area (Å²) in [6, 6.07) is 11.0. The molecule has 2 nitrogen and oxygen atoms in total. The number of hydrogen-bond donors (Lipinski definition) is 0. The highest BCUT2D eigenvalue weighted by Crippen LogP contribution is 2.36. The Morgan fingerprint density at radius 2 is 1.12 bits per heavy atom. The van der Waals surface area contributed by atoms with Gasteiger partial charge in [-0.15, -0.1) is 0 Å². The lowest BCUT2D eigenvalue weighted by Crippen LogP contribution is -2.22. The first kappa shape index (κ1) is 27.7. The maximum Gasteiger partial charge on any atom is 0.244 e. The quantitative estimate of drug-likeness (QED) is 0.131. The summed E-state index contributed by atoms with van der Waals surface area (Å²) in [5.41, 5.74) is 1.46. The molecule has 0 spiro atoms. The van der Waals surface area contributed by atoms with Crippen molar-refractivity contribution in [1.29, 1.82) is 0 Å². The van der Waals surface area contributed by atoms with E-state index in [1.807, 2.05) is 12.4 Å². The molecule has 0 fully saturated rings. The van der Waals surface area contributed by atoms with Gasteiger partial charge in [0, 0.05) is 0 Å². The molecule has 0 amide bonds. The lowest BCUT2D eigenvalue weighted by Gasteiger charge is -2.25. The van der Waals surface area contributed by atoms with Crippen LogP contribution < -0.4 is 0 Å². The van der Waals surface area contributed by atoms with Gasteiger partial charge >= 0.3 is 0 Å². The number of aliphatic imine (C=N–C) groups is 2. The van der Waals surface area contributed by atoms with E-state index in [1.165, 1.54) is 115 Å². The van der Waals surface area contributed by atoms with Gasteiger partial charge in [0.1, 0.15) is 0 Å². The Morgan fingerprint density at radius 3 is 1.64 bits per heavy atom. The minimum absolute atomic E-state index is 0.493. The Labute approximate surface area is 205 Å². The molecule has 184 valence electrons. The molecule has 0 aliphatic carbocycles. The summed E-state index contributed by atoms with van der Waals surface area (Å²) in [5, 5.41) is 0. The van der Waals surface area contributed by atoms with Gasteiger partial charge in [0.15, 0.2) is 12.4 Å². The van der Waals surface area contributed by atoms with Crippen molar-refractivity contribution < 1.29 is 0 Å². The minimum Gasteiger partial charge on any atom is -0.0965 e. The molecule has 0 aromatic heterocycles. The molecule has 1 heterocycles. The molecule has 0 radical (unpaired) electrons. The van der Waals surface area contributed by atoms with Gasteiger partial charge < -0.3 is 0 Å². The first-order valence-corrected chi connectivity index (χ1v) is 14.3. The van der Waals surface area contributed by atoms with Crippen LogP contribution in [-0.4, -0.2) is 12.4 Å². The number of nitrogens with zero attached hydrogens (tertiary/aromatic N) is 2. The van der Waals surface area contributed by atoms with Crippen LogP contribution in [0.1, 0.15) is 129 Å². The van der Waals surface area contributed by atoms with Crippen molar-refractivity contribution >= 4 is 12.4 Å². The zero-order valence-electron chi connectivity index (χ0n) is 21.8. The van der Waals surface area contributed by atoms with Crippen LogP contribution in [0, 0.1) is 18.0 Å². The van der Waals surface area contributed by atoms with Crippen molar-refractivity contribution in [3.05, 3.63) is 42.1 Å². The van der Waals surface area contributed by atoms with Gasteiger partial charge in [0.05, 0.1) is 5.92 Å². The lowest BCUT2D eigenvalue weighted by molar-refractivity contribution is 0.290. The van der Waals surface area contributed by atoms with Crippen molar-refractivity contribution in [1.82, 2.24) is 0 Å². The second-order valence-electron chi connectivity index (χ2n) is 10.1. The van der Waals surface area contributed by atoms with E-state index in [9.17, 15) is 0 Å². The molecular formula is C31H51N2+. The molecule has 0 saturated heterocycles. The Morgan fingerprint density at radius 1 is 0.606 bits per heavy atom. The Balaban J connectivity index is 1.62. The largest absolute Gasteiger partial charge is 0.244 e. The monoisotopic (exact) mass is 451 g/mol. The normalized spacial score (nSPS) is 14.8. The predicted molar refractivity (Wildman–Crippen MR) is 147 cm³/mol. The molecule has 33 heavy (non-hydrogen) atoms. The number of benzene rings is 1. The van der Waals surface area contributed by atoms with Gasteiger partial charge in [0.2, 0.25) is 6.17 Å². The van der Waals surface area contributed by atoms with E-state index in [1.54, 1.807) is 0 Å². The Kier molecular flexibility index (Phi) is 15.8. The van der Waals surface area contributed by atoms with Gasteiger partial charge in [-0.25, -0.2) is 0 Å². The average Bonchev–Trinajstić information content (AvgIpc) is 3.37. The van der Waals surface area contributed by atoms with Crippen molar-refractivity contribution in [2.24, 2.45) is 21.8 Å². The lowest BCUT2D eigenvalue weighted by atomic mass is 9.79. The molecule has 0 bridgehead atoms. The first-order valence-electron chi connectivity index (χ1n) is 14.3. The summed E-state index contributed by atoms with van der Waals surface area (Å²) in [6.07, 6.45) is 29.6. The van der Waals surface area contributed by atoms with Crippen LogP contribution in [0.5, 0.6) is 0 Å². The predicted octanol–water partition coefficient (Wildman–Crippen LogP) is 9.78. The van der Waals surface area contributed by atoms with Gasteiger partial charge in [-0.3, -0.25) is 0 Å². The molecular weight excluding hydrogens is 400 g/mol. The molecule has 1 aromatic carbocycles. The van der Waals surface area contributed by atoms with Crippen molar-refractivity contribution in [3.63, 3.8) is 0 Å². The van der Waals surface area contributed by atoms with E-state index in [0.717, 1.165) is 12.6 Å². The van der Waals surface area contributed by atoms with E-state index >= 15 is 0 Å². The van der Waals surface area contributed by atoms with E-state index in [0.29, 0.717) is 11.8 Å². The van der Waals surface area contributed by atoms with Crippen LogP contribution in [0.2, 0.25) is 0 Å². The average molecular weight is 452 g/mol. The fourth-order valence-electron chi connectivity index (χ4n) is 5.29. The van der Waals surface area contributed by atoms with Crippen LogP contribution in [0.15, 0.2) is 40.3 Å². The topological polar surface area (TPSA) is 24.7 Å². The number of rotatable bonds is 21. The zero-order valence-corrected chi connectivity index (χ0v) is 21.8. The van der Waals surface area contributed by atoms with Crippen LogP contribution >= 0.6 is 0 Å². The Bertz CT molecular complexity index is 609. The third-order valence-electron chi connectivity index (χ3n) is 7.25. The molecule has 1 aromatic rings. The zero-order chi connectivity index (χ0) is 23.4. The fourth-order valence-corrected chi connectivity index (χ4v) is 5.29. The SMILES string of the molecule is CCCCCCCCCCCCCCCCC(Cc1ccccc1)C(CCC)[C+]1N=CC=N1. The molecule has 0 N–H and O–H groups in total. The van der Waals surface area contributed by atoms with Crippen molar-refractivity contribution in [2.75, 3.05) is 0 Å². The number of hydrogen-bond acceptors (Lipinski definition) is 2. The third-order valence-corrected chi connectivity index (χ3v) is 7.25. The van der Waals surface area contributed by atoms with Crippen LogP contribution in [0.25, 0.3) is 0 Å². The highest BCUT2D eigenvalue weighted by Gasteiger charge is 2.34.